The maximum Gasteiger partial charge on any atom is 0.416 e. The Kier molecular flexibility index (Phi) is 4.95. The second-order valence-corrected chi connectivity index (χ2v) is 4.70. The van der Waals surface area contributed by atoms with Gasteiger partial charge in [0.1, 0.15) is 5.82 Å². The van der Waals surface area contributed by atoms with Crippen molar-refractivity contribution in [1.29, 1.82) is 0 Å². The number of rotatable bonds is 2. The van der Waals surface area contributed by atoms with Crippen LogP contribution in [-0.4, -0.2) is 0 Å². The van der Waals surface area contributed by atoms with E-state index in [0.29, 0.717) is 4.88 Å². The van der Waals surface area contributed by atoms with E-state index >= 15 is 0 Å². The minimum atomic E-state index is -4.54. The van der Waals surface area contributed by atoms with Crippen LogP contribution < -0.4 is 5.73 Å². The Morgan fingerprint density at radius 3 is 2.37 bits per heavy atom. The molecule has 0 aliphatic heterocycles. The first-order valence-corrected chi connectivity index (χ1v) is 5.93. The summed E-state index contributed by atoms with van der Waals surface area (Å²) in [5, 5.41) is 1.71. The van der Waals surface area contributed by atoms with Crippen molar-refractivity contribution >= 4 is 23.7 Å². The number of alkyl halides is 3. The fourth-order valence-corrected chi connectivity index (χ4v) is 2.42. The first kappa shape index (κ1) is 15.9. The zero-order valence-corrected chi connectivity index (χ0v) is 11.1. The van der Waals surface area contributed by atoms with E-state index in [1.54, 1.807) is 17.5 Å². The molecule has 1 aromatic heterocycles. The smallest absolute Gasteiger partial charge is 0.320 e. The van der Waals surface area contributed by atoms with Crippen molar-refractivity contribution < 1.29 is 17.6 Å². The molecule has 104 valence electrons. The lowest BCUT2D eigenvalue weighted by molar-refractivity contribution is -0.138. The molecule has 1 aromatic carbocycles. The quantitative estimate of drug-likeness (QED) is 0.819. The molecule has 0 bridgehead atoms. The number of benzene rings is 1. The highest BCUT2D eigenvalue weighted by Crippen LogP contribution is 2.36. The van der Waals surface area contributed by atoms with E-state index in [9.17, 15) is 17.6 Å². The van der Waals surface area contributed by atoms with Crippen LogP contribution in [0.2, 0.25) is 0 Å². The van der Waals surface area contributed by atoms with Gasteiger partial charge in [0.25, 0.3) is 0 Å². The van der Waals surface area contributed by atoms with Crippen molar-refractivity contribution in [2.45, 2.75) is 12.2 Å². The molecule has 2 aromatic rings. The van der Waals surface area contributed by atoms with Gasteiger partial charge in [-0.3, -0.25) is 0 Å². The molecule has 0 radical (unpaired) electrons. The zero-order valence-electron chi connectivity index (χ0n) is 9.45. The van der Waals surface area contributed by atoms with Crippen LogP contribution >= 0.6 is 23.7 Å². The van der Waals surface area contributed by atoms with Crippen molar-refractivity contribution in [3.63, 3.8) is 0 Å². The molecule has 0 saturated heterocycles. The maximum atomic E-state index is 13.1. The van der Waals surface area contributed by atoms with E-state index in [1.165, 1.54) is 11.3 Å². The van der Waals surface area contributed by atoms with Crippen LogP contribution in [0.1, 0.15) is 22.0 Å². The molecule has 2 rings (SSSR count). The molecule has 0 spiro atoms. The minimum absolute atomic E-state index is 0. The van der Waals surface area contributed by atoms with Crippen LogP contribution in [0.5, 0.6) is 0 Å². The van der Waals surface area contributed by atoms with Gasteiger partial charge in [-0.05, 0) is 35.2 Å². The van der Waals surface area contributed by atoms with Crippen LogP contribution in [0, 0.1) is 5.82 Å². The number of nitrogens with two attached hydrogens (primary N) is 1. The van der Waals surface area contributed by atoms with Crippen LogP contribution in [-0.2, 0) is 6.18 Å². The first-order valence-electron chi connectivity index (χ1n) is 5.05. The number of halogens is 5. The summed E-state index contributed by atoms with van der Waals surface area (Å²) in [6.07, 6.45) is -4.54. The Labute approximate surface area is 117 Å². The summed E-state index contributed by atoms with van der Waals surface area (Å²) in [4.78, 5) is 0.561. The van der Waals surface area contributed by atoms with Gasteiger partial charge in [0, 0.05) is 4.88 Å². The SMILES string of the molecule is Cl.N[C@@H](c1cccs1)c1cc(F)ccc1C(F)(F)F. The topological polar surface area (TPSA) is 26.0 Å². The van der Waals surface area contributed by atoms with E-state index in [2.05, 4.69) is 0 Å². The van der Waals surface area contributed by atoms with Crippen LogP contribution in [0.15, 0.2) is 35.7 Å². The molecule has 0 aliphatic carbocycles. The van der Waals surface area contributed by atoms with Crippen molar-refractivity contribution in [2.24, 2.45) is 5.73 Å². The predicted molar refractivity (Wildman–Crippen MR) is 69.0 cm³/mol. The number of hydrogen-bond donors (Lipinski definition) is 1. The average Bonchev–Trinajstić information content (AvgIpc) is 2.79. The third-order valence-electron chi connectivity index (χ3n) is 2.50. The third-order valence-corrected chi connectivity index (χ3v) is 3.46. The van der Waals surface area contributed by atoms with Crippen LogP contribution in [0.3, 0.4) is 0 Å². The minimum Gasteiger partial charge on any atom is -0.320 e. The van der Waals surface area contributed by atoms with Crippen molar-refractivity contribution in [3.8, 4) is 0 Å². The largest absolute Gasteiger partial charge is 0.416 e. The summed E-state index contributed by atoms with van der Waals surface area (Å²) in [5.74, 6) is -0.731. The van der Waals surface area contributed by atoms with Crippen molar-refractivity contribution in [2.75, 3.05) is 0 Å². The van der Waals surface area contributed by atoms with Crippen LogP contribution in [0.25, 0.3) is 0 Å². The van der Waals surface area contributed by atoms with E-state index < -0.39 is 23.6 Å². The third kappa shape index (κ3) is 3.46. The molecule has 0 saturated carbocycles. The summed E-state index contributed by atoms with van der Waals surface area (Å²) in [5.41, 5.74) is 4.63. The highest BCUT2D eigenvalue weighted by atomic mass is 35.5. The van der Waals surface area contributed by atoms with Gasteiger partial charge in [-0.1, -0.05) is 6.07 Å². The monoisotopic (exact) mass is 311 g/mol. The van der Waals surface area contributed by atoms with Gasteiger partial charge in [-0.15, -0.1) is 23.7 Å². The molecule has 19 heavy (non-hydrogen) atoms. The van der Waals surface area contributed by atoms with Gasteiger partial charge in [-0.2, -0.15) is 13.2 Å². The second kappa shape index (κ2) is 5.90. The lowest BCUT2D eigenvalue weighted by Gasteiger charge is -2.17. The zero-order chi connectivity index (χ0) is 13.3. The summed E-state index contributed by atoms with van der Waals surface area (Å²) < 4.78 is 51.5. The molecule has 0 fully saturated rings. The molecule has 0 unspecified atom stereocenters. The standard InChI is InChI=1S/C12H9F4NS.ClH/c13-7-3-4-9(12(14,15)16)8(6-7)11(17)10-2-1-5-18-10;/h1-6,11H,17H2;1H/t11-;/m1./s1. The Morgan fingerprint density at radius 1 is 1.16 bits per heavy atom. The predicted octanol–water partition coefficient (Wildman–Crippen LogP) is 4.38. The first-order chi connectivity index (χ1) is 8.39. The van der Waals surface area contributed by atoms with Gasteiger partial charge in [0.15, 0.2) is 0 Å². The maximum absolute atomic E-state index is 13.1. The van der Waals surface area contributed by atoms with Gasteiger partial charge in [0.05, 0.1) is 11.6 Å². The molecular weight excluding hydrogens is 302 g/mol. The molecule has 7 heteroatoms. The Hall–Kier alpha value is -1.11. The highest BCUT2D eigenvalue weighted by molar-refractivity contribution is 7.10. The van der Waals surface area contributed by atoms with Gasteiger partial charge < -0.3 is 5.73 Å². The van der Waals surface area contributed by atoms with E-state index in [1.807, 2.05) is 0 Å². The molecular formula is C12H10ClF4NS. The number of hydrogen-bond acceptors (Lipinski definition) is 2. The number of thiophene rings is 1. The lowest BCUT2D eigenvalue weighted by atomic mass is 9.99. The van der Waals surface area contributed by atoms with E-state index in [0.717, 1.165) is 18.2 Å². The second-order valence-electron chi connectivity index (χ2n) is 3.72. The van der Waals surface area contributed by atoms with Crippen LogP contribution in [0.4, 0.5) is 17.6 Å². The van der Waals surface area contributed by atoms with Crippen molar-refractivity contribution in [1.82, 2.24) is 0 Å². The van der Waals surface area contributed by atoms with Gasteiger partial charge in [0.2, 0.25) is 0 Å². The lowest BCUT2D eigenvalue weighted by Crippen LogP contribution is -2.18. The summed E-state index contributed by atoms with van der Waals surface area (Å²) in [7, 11) is 0. The van der Waals surface area contributed by atoms with Gasteiger partial charge in [-0.25, -0.2) is 4.39 Å². The van der Waals surface area contributed by atoms with E-state index in [-0.39, 0.29) is 18.0 Å². The van der Waals surface area contributed by atoms with Crippen molar-refractivity contribution in [3.05, 3.63) is 57.5 Å². The normalized spacial score (nSPS) is 12.9. The van der Waals surface area contributed by atoms with Gasteiger partial charge >= 0.3 is 6.18 Å². The highest BCUT2D eigenvalue weighted by Gasteiger charge is 2.35. The molecule has 0 amide bonds. The fourth-order valence-electron chi connectivity index (χ4n) is 1.67. The summed E-state index contributed by atoms with van der Waals surface area (Å²) in [6, 6.07) is 4.68. The summed E-state index contributed by atoms with van der Waals surface area (Å²) >= 11 is 1.24. The average molecular weight is 312 g/mol. The molecule has 1 nitrogen and oxygen atoms in total. The Balaban J connectivity index is 0.00000180. The molecule has 1 atom stereocenters. The molecule has 2 N–H and O–H groups in total. The molecule has 0 aliphatic rings. The molecule has 1 heterocycles. The van der Waals surface area contributed by atoms with E-state index in [4.69, 9.17) is 5.73 Å². The Morgan fingerprint density at radius 2 is 1.84 bits per heavy atom. The summed E-state index contributed by atoms with van der Waals surface area (Å²) in [6.45, 7) is 0. The fraction of sp³-hybridized carbons (Fsp3) is 0.167. The Bertz CT molecular complexity index is 539.